The van der Waals surface area contributed by atoms with Crippen molar-refractivity contribution in [3.8, 4) is 0 Å². The number of benzene rings is 2. The topological polar surface area (TPSA) is 111 Å². The minimum atomic E-state index is -1.21. The van der Waals surface area contributed by atoms with Crippen molar-refractivity contribution in [1.82, 2.24) is 9.55 Å². The monoisotopic (exact) mass is 503 g/mol. The largest absolute Gasteiger partial charge is 0.478 e. The summed E-state index contributed by atoms with van der Waals surface area (Å²) in [5.41, 5.74) is 2.44. The summed E-state index contributed by atoms with van der Waals surface area (Å²) in [7, 11) is 0. The highest BCUT2D eigenvalue weighted by molar-refractivity contribution is 6.05. The van der Waals surface area contributed by atoms with E-state index in [-0.39, 0.29) is 23.4 Å². The molecule has 0 aliphatic heterocycles. The number of hydrogen-bond acceptors (Lipinski definition) is 5. The van der Waals surface area contributed by atoms with Gasteiger partial charge in [0.15, 0.2) is 0 Å². The number of esters is 1. The number of aromatic nitrogens is 2. The molecular weight excluding hydrogens is 470 g/mol. The van der Waals surface area contributed by atoms with E-state index in [1.807, 2.05) is 34.9 Å². The van der Waals surface area contributed by atoms with E-state index in [1.54, 1.807) is 13.3 Å². The van der Waals surface area contributed by atoms with Gasteiger partial charge >= 0.3 is 11.9 Å². The number of carbonyl (C=O) groups excluding carboxylic acids is 2. The lowest BCUT2D eigenvalue weighted by Crippen LogP contribution is -2.19. The highest BCUT2D eigenvalue weighted by atomic mass is 16.5. The van der Waals surface area contributed by atoms with Gasteiger partial charge in [-0.05, 0) is 43.0 Å². The van der Waals surface area contributed by atoms with Crippen LogP contribution in [-0.2, 0) is 17.7 Å². The quantitative estimate of drug-likeness (QED) is 0.292. The second-order valence-electron chi connectivity index (χ2n) is 9.49. The van der Waals surface area contributed by atoms with Crippen molar-refractivity contribution in [2.24, 2.45) is 5.92 Å². The molecule has 1 aliphatic rings. The summed E-state index contributed by atoms with van der Waals surface area (Å²) >= 11 is 0. The molecule has 1 heterocycles. The van der Waals surface area contributed by atoms with Crippen LogP contribution in [0.2, 0.25) is 0 Å². The minimum absolute atomic E-state index is 0.0605. The van der Waals surface area contributed by atoms with E-state index in [4.69, 9.17) is 4.74 Å². The average molecular weight is 504 g/mol. The number of nitrogens with one attached hydrogen (secondary N) is 1. The van der Waals surface area contributed by atoms with Crippen LogP contribution < -0.4 is 5.32 Å². The number of ether oxygens (including phenoxy) is 1. The van der Waals surface area contributed by atoms with Gasteiger partial charge in [0.25, 0.3) is 5.91 Å². The molecule has 0 bridgehead atoms. The first-order valence-electron chi connectivity index (χ1n) is 12.9. The molecule has 1 saturated carbocycles. The van der Waals surface area contributed by atoms with Crippen LogP contribution in [0.3, 0.4) is 0 Å². The Morgan fingerprint density at radius 3 is 2.41 bits per heavy atom. The Morgan fingerprint density at radius 1 is 1.03 bits per heavy atom. The lowest BCUT2D eigenvalue weighted by atomic mass is 9.94. The van der Waals surface area contributed by atoms with Crippen molar-refractivity contribution >= 4 is 23.5 Å². The Bertz CT molecular complexity index is 1240. The summed E-state index contributed by atoms with van der Waals surface area (Å²) in [6, 6.07) is 14.0. The molecule has 0 saturated heterocycles. The minimum Gasteiger partial charge on any atom is -0.478 e. The maximum absolute atomic E-state index is 13.4. The van der Waals surface area contributed by atoms with E-state index in [0.717, 1.165) is 30.5 Å². The lowest BCUT2D eigenvalue weighted by Gasteiger charge is -2.17. The second-order valence-corrected chi connectivity index (χ2v) is 9.49. The molecule has 1 amide bonds. The molecule has 8 nitrogen and oxygen atoms in total. The summed E-state index contributed by atoms with van der Waals surface area (Å²) in [5.74, 6) is -1.82. The Labute approximate surface area is 216 Å². The summed E-state index contributed by atoms with van der Waals surface area (Å²) in [6.45, 7) is 2.43. The predicted octanol–water partition coefficient (Wildman–Crippen LogP) is 5.57. The molecule has 0 radical (unpaired) electrons. The Morgan fingerprint density at radius 2 is 1.73 bits per heavy atom. The van der Waals surface area contributed by atoms with Crippen LogP contribution in [-0.4, -0.2) is 39.1 Å². The van der Waals surface area contributed by atoms with Crippen LogP contribution in [0.25, 0.3) is 0 Å². The van der Waals surface area contributed by atoms with Crippen molar-refractivity contribution in [3.05, 3.63) is 82.9 Å². The molecule has 1 fully saturated rings. The SMILES string of the molecule is CCOC(=O)c1cc(NC(=O)c2ncn(Cc3ccccc3)c2CC2CCCCCC2)cc(C(=O)O)c1. The number of carbonyl (C=O) groups is 3. The van der Waals surface area contributed by atoms with E-state index in [9.17, 15) is 19.5 Å². The standard InChI is InChI=1S/C29H33N3O5/c1-2-37-29(36)23-15-22(28(34)35)16-24(17-23)31-27(33)26-25(14-20-10-6-3-4-7-11-20)32(19-30-26)18-21-12-8-5-9-13-21/h5,8-9,12-13,15-17,19-20H,2-4,6-7,10-11,14,18H2,1H3,(H,31,33)(H,34,35). The Hall–Kier alpha value is -3.94. The molecule has 1 aromatic heterocycles. The number of amides is 1. The number of nitrogens with zero attached hydrogens (tertiary/aromatic N) is 2. The van der Waals surface area contributed by atoms with Crippen molar-refractivity contribution in [2.45, 2.75) is 58.4 Å². The summed E-state index contributed by atoms with van der Waals surface area (Å²) in [4.78, 5) is 41.8. The van der Waals surface area contributed by atoms with Gasteiger partial charge in [0.05, 0.1) is 29.8 Å². The first-order chi connectivity index (χ1) is 17.9. The van der Waals surface area contributed by atoms with Gasteiger partial charge in [-0.2, -0.15) is 0 Å². The zero-order chi connectivity index (χ0) is 26.2. The highest BCUT2D eigenvalue weighted by Crippen LogP contribution is 2.28. The fourth-order valence-corrected chi connectivity index (χ4v) is 4.91. The van der Waals surface area contributed by atoms with Gasteiger partial charge in [-0.15, -0.1) is 0 Å². The zero-order valence-corrected chi connectivity index (χ0v) is 21.1. The lowest BCUT2D eigenvalue weighted by molar-refractivity contribution is 0.0526. The number of imidazole rings is 1. The molecule has 0 spiro atoms. The molecule has 1 aliphatic carbocycles. The van der Waals surface area contributed by atoms with Crippen molar-refractivity contribution < 1.29 is 24.2 Å². The molecule has 37 heavy (non-hydrogen) atoms. The van der Waals surface area contributed by atoms with E-state index < -0.39 is 17.8 Å². The molecule has 0 atom stereocenters. The van der Waals surface area contributed by atoms with E-state index in [1.165, 1.54) is 43.9 Å². The summed E-state index contributed by atoms with van der Waals surface area (Å²) in [6.07, 6.45) is 9.58. The van der Waals surface area contributed by atoms with E-state index >= 15 is 0 Å². The predicted molar refractivity (Wildman–Crippen MR) is 140 cm³/mol. The third-order valence-electron chi connectivity index (χ3n) is 6.76. The molecular formula is C29H33N3O5. The van der Waals surface area contributed by atoms with Crippen LogP contribution in [0.4, 0.5) is 5.69 Å². The third kappa shape index (κ3) is 6.84. The Kier molecular flexibility index (Phi) is 8.72. The van der Waals surface area contributed by atoms with Gasteiger partial charge in [-0.25, -0.2) is 14.6 Å². The average Bonchev–Trinajstić information content (AvgIpc) is 3.09. The maximum atomic E-state index is 13.4. The fourth-order valence-electron chi connectivity index (χ4n) is 4.91. The summed E-state index contributed by atoms with van der Waals surface area (Å²) < 4.78 is 7.06. The number of carboxylic acids is 1. The van der Waals surface area contributed by atoms with Crippen molar-refractivity contribution in [3.63, 3.8) is 0 Å². The van der Waals surface area contributed by atoms with Gasteiger partial charge in [0, 0.05) is 12.2 Å². The van der Waals surface area contributed by atoms with Crippen LogP contribution in [0, 0.1) is 5.92 Å². The van der Waals surface area contributed by atoms with Gasteiger partial charge in [-0.3, -0.25) is 4.79 Å². The molecule has 0 unspecified atom stereocenters. The van der Waals surface area contributed by atoms with E-state index in [0.29, 0.717) is 18.2 Å². The van der Waals surface area contributed by atoms with Gasteiger partial charge in [0.1, 0.15) is 5.69 Å². The number of carboxylic acid groups (broad SMARTS) is 1. The van der Waals surface area contributed by atoms with Crippen molar-refractivity contribution in [2.75, 3.05) is 11.9 Å². The number of aromatic carboxylic acids is 1. The summed E-state index contributed by atoms with van der Waals surface area (Å²) in [5, 5.41) is 12.3. The van der Waals surface area contributed by atoms with Gasteiger partial charge < -0.3 is 19.7 Å². The fraction of sp³-hybridized carbons (Fsp3) is 0.379. The van der Waals surface area contributed by atoms with Crippen LogP contribution in [0.1, 0.15) is 87.9 Å². The molecule has 4 rings (SSSR count). The zero-order valence-electron chi connectivity index (χ0n) is 21.1. The smallest absolute Gasteiger partial charge is 0.338 e. The third-order valence-corrected chi connectivity index (χ3v) is 6.76. The van der Waals surface area contributed by atoms with Gasteiger partial charge in [-0.1, -0.05) is 68.9 Å². The van der Waals surface area contributed by atoms with Crippen LogP contribution in [0.5, 0.6) is 0 Å². The molecule has 2 aromatic carbocycles. The maximum Gasteiger partial charge on any atom is 0.338 e. The molecule has 194 valence electrons. The highest BCUT2D eigenvalue weighted by Gasteiger charge is 2.23. The molecule has 2 N–H and O–H groups in total. The van der Waals surface area contributed by atoms with Crippen molar-refractivity contribution in [1.29, 1.82) is 0 Å². The second kappa shape index (κ2) is 12.3. The van der Waals surface area contributed by atoms with Gasteiger partial charge in [0.2, 0.25) is 0 Å². The van der Waals surface area contributed by atoms with Crippen LogP contribution in [0.15, 0.2) is 54.9 Å². The van der Waals surface area contributed by atoms with Crippen LogP contribution >= 0.6 is 0 Å². The first kappa shape index (κ1) is 26.1. The molecule has 8 heteroatoms. The number of rotatable bonds is 9. The number of anilines is 1. The molecule has 3 aromatic rings. The number of hydrogen-bond donors (Lipinski definition) is 2. The Balaban J connectivity index is 1.64. The first-order valence-corrected chi connectivity index (χ1v) is 12.9. The van der Waals surface area contributed by atoms with E-state index in [2.05, 4.69) is 10.3 Å². The normalized spacial score (nSPS) is 14.1.